The third-order valence-corrected chi connectivity index (χ3v) is 4.88. The minimum absolute atomic E-state index is 0.584. The summed E-state index contributed by atoms with van der Waals surface area (Å²) in [5.41, 5.74) is 7.91. The predicted molar refractivity (Wildman–Crippen MR) is 77.5 cm³/mol. The average Bonchev–Trinajstić information content (AvgIpc) is 2.48. The zero-order chi connectivity index (χ0) is 13.1. The second-order valence-electron chi connectivity index (χ2n) is 6.19. The minimum atomic E-state index is 0.584. The van der Waals surface area contributed by atoms with Gasteiger partial charge in [0.1, 0.15) is 0 Å². The van der Waals surface area contributed by atoms with Crippen LogP contribution >= 0.6 is 0 Å². The van der Waals surface area contributed by atoms with Gasteiger partial charge >= 0.3 is 0 Å². The molecule has 3 nitrogen and oxygen atoms in total. The molecule has 0 bridgehead atoms. The van der Waals surface area contributed by atoms with Crippen LogP contribution in [0.15, 0.2) is 18.3 Å². The van der Waals surface area contributed by atoms with E-state index in [1.165, 1.54) is 50.9 Å². The first kappa shape index (κ1) is 13.1. The van der Waals surface area contributed by atoms with E-state index in [1.54, 1.807) is 0 Å². The van der Waals surface area contributed by atoms with Crippen LogP contribution in [-0.4, -0.2) is 23.0 Å². The summed E-state index contributed by atoms with van der Waals surface area (Å²) in [5.74, 6) is 1.96. The van der Waals surface area contributed by atoms with Gasteiger partial charge in [-0.05, 0) is 42.9 Å². The first-order valence-corrected chi connectivity index (χ1v) is 7.71. The molecule has 0 aromatic carbocycles. The van der Waals surface area contributed by atoms with Crippen molar-refractivity contribution in [2.24, 2.45) is 17.6 Å². The van der Waals surface area contributed by atoms with Gasteiger partial charge in [-0.1, -0.05) is 25.3 Å². The Morgan fingerprint density at radius 2 is 2.00 bits per heavy atom. The summed E-state index contributed by atoms with van der Waals surface area (Å²) in [5, 5.41) is 0. The van der Waals surface area contributed by atoms with Gasteiger partial charge in [-0.2, -0.15) is 0 Å². The zero-order valence-electron chi connectivity index (χ0n) is 11.7. The molecule has 1 aromatic heterocycles. The summed E-state index contributed by atoms with van der Waals surface area (Å²) < 4.78 is 0. The van der Waals surface area contributed by atoms with Gasteiger partial charge in [0.15, 0.2) is 0 Å². The van der Waals surface area contributed by atoms with Gasteiger partial charge in [0, 0.05) is 25.8 Å². The number of hydrogen-bond donors (Lipinski definition) is 1. The van der Waals surface area contributed by atoms with Crippen molar-refractivity contribution in [1.29, 1.82) is 0 Å². The molecule has 3 heteroatoms. The van der Waals surface area contributed by atoms with Crippen LogP contribution in [0.3, 0.4) is 0 Å². The zero-order valence-corrected chi connectivity index (χ0v) is 11.7. The lowest BCUT2D eigenvalue weighted by atomic mass is 9.75. The summed E-state index contributed by atoms with van der Waals surface area (Å²) in [7, 11) is 0. The fourth-order valence-corrected chi connectivity index (χ4v) is 3.72. The van der Waals surface area contributed by atoms with Gasteiger partial charge in [-0.3, -0.25) is 9.88 Å². The van der Waals surface area contributed by atoms with E-state index in [1.807, 2.05) is 6.20 Å². The molecule has 1 saturated heterocycles. The van der Waals surface area contributed by atoms with Crippen molar-refractivity contribution in [3.63, 3.8) is 0 Å². The van der Waals surface area contributed by atoms with Crippen LogP contribution in [0.25, 0.3) is 0 Å². The maximum atomic E-state index is 5.61. The third-order valence-electron chi connectivity index (χ3n) is 4.88. The highest BCUT2D eigenvalue weighted by Crippen LogP contribution is 2.36. The molecule has 2 atom stereocenters. The van der Waals surface area contributed by atoms with Gasteiger partial charge in [0.2, 0.25) is 0 Å². The Bertz CT molecular complexity index is 401. The second-order valence-corrected chi connectivity index (χ2v) is 6.19. The number of nitrogens with zero attached hydrogens (tertiary/aromatic N) is 2. The normalized spacial score (nSPS) is 28.1. The van der Waals surface area contributed by atoms with Gasteiger partial charge in [-0.15, -0.1) is 0 Å². The molecule has 0 amide bonds. The van der Waals surface area contributed by atoms with Crippen molar-refractivity contribution >= 4 is 0 Å². The number of rotatable bonds is 3. The van der Waals surface area contributed by atoms with Crippen LogP contribution in [0.5, 0.6) is 0 Å². The van der Waals surface area contributed by atoms with E-state index in [9.17, 15) is 0 Å². The molecule has 1 aromatic rings. The highest BCUT2D eigenvalue weighted by atomic mass is 15.1. The van der Waals surface area contributed by atoms with E-state index in [-0.39, 0.29) is 0 Å². The Morgan fingerprint density at radius 3 is 2.74 bits per heavy atom. The lowest BCUT2D eigenvalue weighted by Gasteiger charge is -2.41. The lowest BCUT2D eigenvalue weighted by molar-refractivity contribution is 0.0812. The molecule has 19 heavy (non-hydrogen) atoms. The van der Waals surface area contributed by atoms with Crippen LogP contribution in [0.4, 0.5) is 0 Å². The number of nitrogens with two attached hydrogens (primary N) is 1. The van der Waals surface area contributed by atoms with E-state index < -0.39 is 0 Å². The topological polar surface area (TPSA) is 42.1 Å². The second kappa shape index (κ2) is 6.02. The number of pyridine rings is 1. The molecule has 2 heterocycles. The maximum absolute atomic E-state index is 5.61. The van der Waals surface area contributed by atoms with Crippen LogP contribution in [0.1, 0.15) is 43.4 Å². The predicted octanol–water partition coefficient (Wildman–Crippen LogP) is 2.55. The highest BCUT2D eigenvalue weighted by Gasteiger charge is 2.30. The van der Waals surface area contributed by atoms with Gasteiger partial charge in [-0.25, -0.2) is 0 Å². The summed E-state index contributed by atoms with van der Waals surface area (Å²) in [6.07, 6.45) is 9.14. The molecule has 104 valence electrons. The Balaban J connectivity index is 1.57. The van der Waals surface area contributed by atoms with Crippen LogP contribution in [-0.2, 0) is 13.1 Å². The van der Waals surface area contributed by atoms with E-state index in [4.69, 9.17) is 5.73 Å². The first-order valence-electron chi connectivity index (χ1n) is 7.71. The van der Waals surface area contributed by atoms with Crippen molar-refractivity contribution < 1.29 is 0 Å². The molecule has 0 spiro atoms. The Morgan fingerprint density at radius 1 is 1.16 bits per heavy atom. The molecule has 2 N–H and O–H groups in total. The van der Waals surface area contributed by atoms with Crippen molar-refractivity contribution in [3.05, 3.63) is 29.6 Å². The molecular formula is C16H25N3. The summed E-state index contributed by atoms with van der Waals surface area (Å²) in [6, 6.07) is 4.24. The van der Waals surface area contributed by atoms with E-state index in [0.29, 0.717) is 6.54 Å². The van der Waals surface area contributed by atoms with Crippen molar-refractivity contribution in [3.8, 4) is 0 Å². The van der Waals surface area contributed by atoms with Crippen LogP contribution in [0.2, 0.25) is 0 Å². The Hall–Kier alpha value is -0.930. The van der Waals surface area contributed by atoms with Crippen molar-refractivity contribution in [2.45, 2.75) is 45.2 Å². The smallest absolute Gasteiger partial charge is 0.0544 e. The summed E-state index contributed by atoms with van der Waals surface area (Å²) >= 11 is 0. The van der Waals surface area contributed by atoms with Crippen molar-refractivity contribution in [1.82, 2.24) is 9.88 Å². The largest absolute Gasteiger partial charge is 0.326 e. The number of likely N-dealkylation sites (tertiary alicyclic amines) is 1. The molecule has 1 saturated carbocycles. The molecule has 1 aliphatic heterocycles. The average molecular weight is 259 g/mol. The Kier molecular flexibility index (Phi) is 4.14. The molecule has 0 radical (unpaired) electrons. The molecule has 2 aliphatic rings. The highest BCUT2D eigenvalue weighted by molar-refractivity contribution is 5.13. The number of piperidine rings is 1. The fraction of sp³-hybridized carbons (Fsp3) is 0.688. The fourth-order valence-electron chi connectivity index (χ4n) is 3.72. The quantitative estimate of drug-likeness (QED) is 0.907. The molecule has 3 rings (SSSR count). The number of aromatic nitrogens is 1. The number of fused-ring (bicyclic) bond motifs is 1. The van der Waals surface area contributed by atoms with E-state index in [2.05, 4.69) is 22.0 Å². The maximum Gasteiger partial charge on any atom is 0.0544 e. The summed E-state index contributed by atoms with van der Waals surface area (Å²) in [6.45, 7) is 4.13. The number of hydrogen-bond acceptors (Lipinski definition) is 3. The van der Waals surface area contributed by atoms with E-state index >= 15 is 0 Å². The SMILES string of the molecule is NCc1ccc(CN2CCC3CCCCC3C2)nc1. The van der Waals surface area contributed by atoms with Crippen LogP contribution in [0, 0.1) is 11.8 Å². The van der Waals surface area contributed by atoms with E-state index in [0.717, 1.165) is 23.9 Å². The lowest BCUT2D eigenvalue weighted by Crippen LogP contribution is -2.41. The third kappa shape index (κ3) is 3.15. The molecule has 2 unspecified atom stereocenters. The standard InChI is InChI=1S/C16H25N3/c17-9-13-5-6-16(18-10-13)12-19-8-7-14-3-1-2-4-15(14)11-19/h5-6,10,14-15H,1-4,7-9,11-12,17H2. The van der Waals surface area contributed by atoms with Gasteiger partial charge in [0.05, 0.1) is 5.69 Å². The molecule has 2 fully saturated rings. The van der Waals surface area contributed by atoms with Crippen molar-refractivity contribution in [2.75, 3.05) is 13.1 Å². The molecular weight excluding hydrogens is 234 g/mol. The van der Waals surface area contributed by atoms with Crippen LogP contribution < -0.4 is 5.73 Å². The molecule has 1 aliphatic carbocycles. The van der Waals surface area contributed by atoms with Gasteiger partial charge < -0.3 is 5.73 Å². The van der Waals surface area contributed by atoms with Gasteiger partial charge in [0.25, 0.3) is 0 Å². The monoisotopic (exact) mass is 259 g/mol. The summed E-state index contributed by atoms with van der Waals surface area (Å²) in [4.78, 5) is 7.12. The minimum Gasteiger partial charge on any atom is -0.326 e. The Labute approximate surface area is 116 Å². The first-order chi connectivity index (χ1) is 9.35.